The Bertz CT molecular complexity index is 667. The number of aliphatic imine (C=N–C) groups is 1. The van der Waals surface area contributed by atoms with Crippen molar-refractivity contribution in [3.8, 4) is 17.2 Å². The first kappa shape index (κ1) is 18.4. The first-order chi connectivity index (χ1) is 12.1. The van der Waals surface area contributed by atoms with E-state index in [1.807, 2.05) is 62.4 Å². The molecule has 0 saturated carbocycles. The zero-order valence-electron chi connectivity index (χ0n) is 14.9. The molecule has 2 rings (SSSR count). The van der Waals surface area contributed by atoms with Gasteiger partial charge in [0.05, 0.1) is 19.8 Å². The number of nitrogens with zero attached hydrogens (tertiary/aromatic N) is 1. The van der Waals surface area contributed by atoms with Crippen molar-refractivity contribution in [1.82, 2.24) is 0 Å². The number of anilines is 1. The molecule has 0 saturated heterocycles. The number of nitrogens with one attached hydrogen (secondary N) is 1. The minimum atomic E-state index is 0.149. The maximum absolute atomic E-state index is 5.88. The molecule has 0 fully saturated rings. The van der Waals surface area contributed by atoms with Gasteiger partial charge in [0.1, 0.15) is 23.9 Å². The molecule has 0 aliphatic rings. The van der Waals surface area contributed by atoms with Gasteiger partial charge in [-0.2, -0.15) is 0 Å². The van der Waals surface area contributed by atoms with Gasteiger partial charge >= 0.3 is 0 Å². The molecular weight excluding hydrogens is 318 g/mol. The fraction of sp³-hybridized carbons (Fsp3) is 0.316. The fourth-order valence-corrected chi connectivity index (χ4v) is 2.08. The topological polar surface area (TPSA) is 78.1 Å². The Morgan fingerprint density at radius 3 is 2.20 bits per heavy atom. The number of ether oxygens (including phenoxy) is 3. The number of hydrogen-bond acceptors (Lipinski definition) is 4. The molecule has 25 heavy (non-hydrogen) atoms. The zero-order valence-corrected chi connectivity index (χ0v) is 14.9. The van der Waals surface area contributed by atoms with Crippen LogP contribution in [0.3, 0.4) is 0 Å². The lowest BCUT2D eigenvalue weighted by atomic mass is 10.3. The van der Waals surface area contributed by atoms with Crippen LogP contribution in [0.25, 0.3) is 0 Å². The summed E-state index contributed by atoms with van der Waals surface area (Å²) in [5, 5.41) is 3.04. The minimum Gasteiger partial charge on any atom is -0.497 e. The lowest BCUT2D eigenvalue weighted by Gasteiger charge is -2.11. The Balaban J connectivity index is 1.75. The van der Waals surface area contributed by atoms with E-state index >= 15 is 0 Å². The van der Waals surface area contributed by atoms with Crippen LogP contribution >= 0.6 is 0 Å². The lowest BCUT2D eigenvalue weighted by Crippen LogP contribution is -2.23. The Kier molecular flexibility index (Phi) is 6.95. The van der Waals surface area contributed by atoms with Crippen LogP contribution in [0.15, 0.2) is 53.5 Å². The third kappa shape index (κ3) is 6.63. The summed E-state index contributed by atoms with van der Waals surface area (Å²) >= 11 is 0. The second kappa shape index (κ2) is 9.42. The molecule has 0 aliphatic heterocycles. The van der Waals surface area contributed by atoms with Crippen molar-refractivity contribution in [3.63, 3.8) is 0 Å². The summed E-state index contributed by atoms with van der Waals surface area (Å²) in [6.07, 6.45) is 0.149. The Hall–Kier alpha value is -2.89. The van der Waals surface area contributed by atoms with Gasteiger partial charge in [-0.25, -0.2) is 4.99 Å². The van der Waals surface area contributed by atoms with E-state index in [1.165, 1.54) is 0 Å². The molecule has 0 spiro atoms. The van der Waals surface area contributed by atoms with Crippen molar-refractivity contribution in [2.24, 2.45) is 10.7 Å². The number of nitrogens with two attached hydrogens (primary N) is 1. The van der Waals surface area contributed by atoms with Gasteiger partial charge in [0, 0.05) is 5.69 Å². The maximum Gasteiger partial charge on any atom is 0.193 e. The molecule has 0 unspecified atom stereocenters. The molecule has 6 nitrogen and oxygen atoms in total. The van der Waals surface area contributed by atoms with Crippen LogP contribution in [0.4, 0.5) is 5.69 Å². The van der Waals surface area contributed by atoms with Crippen LogP contribution in [0.5, 0.6) is 17.2 Å². The van der Waals surface area contributed by atoms with Gasteiger partial charge < -0.3 is 25.3 Å². The maximum atomic E-state index is 5.88. The van der Waals surface area contributed by atoms with Gasteiger partial charge in [-0.05, 0) is 62.4 Å². The highest BCUT2D eigenvalue weighted by Gasteiger charge is 1.99. The highest BCUT2D eigenvalue weighted by molar-refractivity contribution is 5.92. The van der Waals surface area contributed by atoms with Crippen molar-refractivity contribution in [2.75, 3.05) is 25.6 Å². The van der Waals surface area contributed by atoms with E-state index in [0.717, 1.165) is 22.9 Å². The highest BCUT2D eigenvalue weighted by atomic mass is 16.5. The molecule has 0 aromatic heterocycles. The molecule has 6 heteroatoms. The van der Waals surface area contributed by atoms with E-state index in [1.54, 1.807) is 7.11 Å². The zero-order chi connectivity index (χ0) is 18.1. The van der Waals surface area contributed by atoms with Crippen LogP contribution in [-0.2, 0) is 0 Å². The van der Waals surface area contributed by atoms with E-state index < -0.39 is 0 Å². The number of benzene rings is 2. The fourth-order valence-electron chi connectivity index (χ4n) is 2.08. The molecule has 0 heterocycles. The summed E-state index contributed by atoms with van der Waals surface area (Å²) in [6, 6.07) is 15.0. The summed E-state index contributed by atoms with van der Waals surface area (Å²) in [5.74, 6) is 2.73. The Morgan fingerprint density at radius 2 is 1.60 bits per heavy atom. The van der Waals surface area contributed by atoms with Crippen molar-refractivity contribution in [3.05, 3.63) is 48.5 Å². The molecule has 0 bridgehead atoms. The van der Waals surface area contributed by atoms with Crippen molar-refractivity contribution < 1.29 is 14.2 Å². The van der Waals surface area contributed by atoms with E-state index in [2.05, 4.69) is 10.3 Å². The SMILES string of the molecule is COc1ccc(OCCN=C(N)Nc2ccc(OC(C)C)cc2)cc1. The summed E-state index contributed by atoms with van der Waals surface area (Å²) in [5.41, 5.74) is 6.73. The van der Waals surface area contributed by atoms with Gasteiger partial charge in [-0.15, -0.1) is 0 Å². The standard InChI is InChI=1S/C19H25N3O3/c1-14(2)25-18-6-4-15(5-7-18)22-19(20)21-12-13-24-17-10-8-16(23-3)9-11-17/h4-11,14H,12-13H2,1-3H3,(H3,20,21,22). The molecule has 2 aromatic rings. The first-order valence-electron chi connectivity index (χ1n) is 8.17. The molecule has 0 radical (unpaired) electrons. The Labute approximate surface area is 148 Å². The molecule has 0 amide bonds. The molecule has 2 aromatic carbocycles. The second-order valence-electron chi connectivity index (χ2n) is 5.61. The predicted molar refractivity (Wildman–Crippen MR) is 101 cm³/mol. The van der Waals surface area contributed by atoms with Gasteiger partial charge in [-0.1, -0.05) is 0 Å². The van der Waals surface area contributed by atoms with Crippen LogP contribution in [0.2, 0.25) is 0 Å². The summed E-state index contributed by atoms with van der Waals surface area (Å²) in [6.45, 7) is 4.88. The average Bonchev–Trinajstić information content (AvgIpc) is 2.60. The molecule has 3 N–H and O–H groups in total. The van der Waals surface area contributed by atoms with Crippen LogP contribution in [0, 0.1) is 0 Å². The smallest absolute Gasteiger partial charge is 0.193 e. The van der Waals surface area contributed by atoms with E-state index in [-0.39, 0.29) is 6.10 Å². The number of methoxy groups -OCH3 is 1. The molecule has 0 atom stereocenters. The van der Waals surface area contributed by atoms with Gasteiger partial charge in [0.2, 0.25) is 0 Å². The minimum absolute atomic E-state index is 0.149. The molecule has 0 aliphatic carbocycles. The second-order valence-corrected chi connectivity index (χ2v) is 5.61. The monoisotopic (exact) mass is 343 g/mol. The molecular formula is C19H25N3O3. The van der Waals surface area contributed by atoms with Crippen molar-refractivity contribution >= 4 is 11.6 Å². The van der Waals surface area contributed by atoms with Gasteiger partial charge in [0.15, 0.2) is 5.96 Å². The van der Waals surface area contributed by atoms with E-state index in [4.69, 9.17) is 19.9 Å². The lowest BCUT2D eigenvalue weighted by molar-refractivity contribution is 0.242. The quantitative estimate of drug-likeness (QED) is 0.437. The van der Waals surface area contributed by atoms with Gasteiger partial charge in [0.25, 0.3) is 0 Å². The third-order valence-electron chi connectivity index (χ3n) is 3.20. The van der Waals surface area contributed by atoms with E-state index in [0.29, 0.717) is 19.1 Å². The number of rotatable bonds is 8. The summed E-state index contributed by atoms with van der Waals surface area (Å²) in [7, 11) is 1.63. The normalized spacial score (nSPS) is 11.3. The van der Waals surface area contributed by atoms with Gasteiger partial charge in [-0.3, -0.25) is 0 Å². The number of hydrogen-bond donors (Lipinski definition) is 2. The van der Waals surface area contributed by atoms with Crippen molar-refractivity contribution in [1.29, 1.82) is 0 Å². The Morgan fingerprint density at radius 1 is 1.00 bits per heavy atom. The summed E-state index contributed by atoms with van der Waals surface area (Å²) < 4.78 is 16.3. The number of guanidine groups is 1. The predicted octanol–water partition coefficient (Wildman–Crippen LogP) is 3.29. The summed E-state index contributed by atoms with van der Waals surface area (Å²) in [4.78, 5) is 4.24. The highest BCUT2D eigenvalue weighted by Crippen LogP contribution is 2.17. The molecule has 134 valence electrons. The van der Waals surface area contributed by atoms with E-state index in [9.17, 15) is 0 Å². The largest absolute Gasteiger partial charge is 0.497 e. The first-order valence-corrected chi connectivity index (χ1v) is 8.17. The van der Waals surface area contributed by atoms with Crippen LogP contribution in [-0.4, -0.2) is 32.3 Å². The van der Waals surface area contributed by atoms with Crippen LogP contribution < -0.4 is 25.3 Å². The van der Waals surface area contributed by atoms with Crippen LogP contribution in [0.1, 0.15) is 13.8 Å². The average molecular weight is 343 g/mol. The van der Waals surface area contributed by atoms with Crippen molar-refractivity contribution in [2.45, 2.75) is 20.0 Å². The third-order valence-corrected chi connectivity index (χ3v) is 3.20.